The second-order valence-corrected chi connectivity index (χ2v) is 4.18. The number of carbonyl (C=O) groups is 2. The van der Waals surface area contributed by atoms with Gasteiger partial charge in [0, 0.05) is 12.1 Å². The molecule has 5 heteroatoms. The molecule has 2 unspecified atom stereocenters. The molecule has 2 rings (SSSR count). The quantitative estimate of drug-likeness (QED) is 0.596. The van der Waals surface area contributed by atoms with Crippen molar-refractivity contribution in [3.8, 4) is 0 Å². The Hall–Kier alpha value is -0.940. The highest BCUT2D eigenvalue weighted by molar-refractivity contribution is 5.98. The smallest absolute Gasteiger partial charge is 0.255 e. The summed E-state index contributed by atoms with van der Waals surface area (Å²) < 4.78 is 4.89. The van der Waals surface area contributed by atoms with E-state index in [1.807, 2.05) is 0 Å². The number of imide groups is 1. The van der Waals surface area contributed by atoms with Crippen molar-refractivity contribution in [1.29, 1.82) is 0 Å². The van der Waals surface area contributed by atoms with Gasteiger partial charge >= 0.3 is 0 Å². The van der Waals surface area contributed by atoms with E-state index in [2.05, 4.69) is 12.2 Å². The highest BCUT2D eigenvalue weighted by Gasteiger charge is 2.34. The zero-order chi connectivity index (χ0) is 10.8. The number of hydrogen-bond donors (Lipinski definition) is 1. The van der Waals surface area contributed by atoms with Crippen molar-refractivity contribution in [2.24, 2.45) is 0 Å². The molecule has 84 valence electrons. The van der Waals surface area contributed by atoms with Crippen molar-refractivity contribution in [3.63, 3.8) is 0 Å². The number of nitrogens with zero attached hydrogens (tertiary/aromatic N) is 1. The summed E-state index contributed by atoms with van der Waals surface area (Å²) in [5.41, 5.74) is 0. The molecular formula is C10H16N2O3. The summed E-state index contributed by atoms with van der Waals surface area (Å²) in [4.78, 5) is 24.5. The number of piperidine rings is 1. The van der Waals surface area contributed by atoms with Crippen LogP contribution in [0.3, 0.4) is 0 Å². The summed E-state index contributed by atoms with van der Waals surface area (Å²) in [5.74, 6) is -0.379. The molecule has 5 nitrogen and oxygen atoms in total. The Morgan fingerprint density at radius 3 is 2.60 bits per heavy atom. The van der Waals surface area contributed by atoms with Gasteiger partial charge in [-0.2, -0.15) is 0 Å². The summed E-state index contributed by atoms with van der Waals surface area (Å²) in [5, 5.41) is 3.30. The largest absolute Gasteiger partial charge is 0.362 e. The average molecular weight is 212 g/mol. The van der Waals surface area contributed by atoms with Gasteiger partial charge in [-0.25, -0.2) is 0 Å². The topological polar surface area (TPSA) is 58.6 Å². The fraction of sp³-hybridized carbons (Fsp3) is 0.800. The highest BCUT2D eigenvalue weighted by atomic mass is 16.5. The summed E-state index contributed by atoms with van der Waals surface area (Å²) >= 11 is 0. The molecule has 0 aromatic heterocycles. The van der Waals surface area contributed by atoms with Crippen molar-refractivity contribution in [1.82, 2.24) is 10.2 Å². The minimum atomic E-state index is -0.189. The van der Waals surface area contributed by atoms with Crippen molar-refractivity contribution in [3.05, 3.63) is 0 Å². The third kappa shape index (κ3) is 2.18. The van der Waals surface area contributed by atoms with Crippen molar-refractivity contribution < 1.29 is 14.3 Å². The minimum absolute atomic E-state index is 0.0457. The van der Waals surface area contributed by atoms with Crippen LogP contribution in [0.25, 0.3) is 0 Å². The molecule has 2 amide bonds. The van der Waals surface area contributed by atoms with E-state index < -0.39 is 0 Å². The molecule has 0 aromatic carbocycles. The summed E-state index contributed by atoms with van der Waals surface area (Å²) in [6.45, 7) is 3.03. The van der Waals surface area contributed by atoms with Crippen LogP contribution in [0.15, 0.2) is 0 Å². The molecule has 0 aliphatic carbocycles. The van der Waals surface area contributed by atoms with Crippen LogP contribution < -0.4 is 5.32 Å². The van der Waals surface area contributed by atoms with Crippen molar-refractivity contribution >= 4 is 11.8 Å². The molecule has 1 N–H and O–H groups in total. The van der Waals surface area contributed by atoms with Gasteiger partial charge in [-0.05, 0) is 26.3 Å². The number of amides is 2. The molecule has 2 aliphatic rings. The lowest BCUT2D eigenvalue weighted by molar-refractivity contribution is -0.162. The lowest BCUT2D eigenvalue weighted by Gasteiger charge is -2.37. The second-order valence-electron chi connectivity index (χ2n) is 4.18. The van der Waals surface area contributed by atoms with E-state index >= 15 is 0 Å². The predicted molar refractivity (Wildman–Crippen MR) is 53.2 cm³/mol. The van der Waals surface area contributed by atoms with Crippen molar-refractivity contribution in [2.45, 2.75) is 31.8 Å². The molecule has 2 aliphatic heterocycles. The maximum atomic E-state index is 11.6. The van der Waals surface area contributed by atoms with Gasteiger partial charge in [-0.1, -0.05) is 0 Å². The Morgan fingerprint density at radius 2 is 2.00 bits per heavy atom. The Morgan fingerprint density at radius 1 is 1.33 bits per heavy atom. The Kier molecular flexibility index (Phi) is 3.02. The normalized spacial score (nSPS) is 33.3. The van der Waals surface area contributed by atoms with Gasteiger partial charge in [0.25, 0.3) is 11.8 Å². The molecule has 0 radical (unpaired) electrons. The predicted octanol–water partition coefficient (Wildman–Crippen LogP) is -0.488. The number of hydrogen-bond acceptors (Lipinski definition) is 4. The fourth-order valence-electron chi connectivity index (χ4n) is 2.25. The first-order valence-corrected chi connectivity index (χ1v) is 5.34. The minimum Gasteiger partial charge on any atom is -0.362 e. The third-order valence-corrected chi connectivity index (χ3v) is 2.95. The molecule has 0 spiro atoms. The molecular weight excluding hydrogens is 196 g/mol. The number of morpholine rings is 1. The molecule has 0 saturated carbocycles. The number of carbonyl (C=O) groups excluding carboxylic acids is 2. The van der Waals surface area contributed by atoms with E-state index in [0.717, 1.165) is 19.4 Å². The van der Waals surface area contributed by atoms with Crippen LogP contribution in [-0.2, 0) is 14.3 Å². The lowest BCUT2D eigenvalue weighted by atomic mass is 9.98. The lowest BCUT2D eigenvalue weighted by Crippen LogP contribution is -2.55. The zero-order valence-corrected chi connectivity index (χ0v) is 8.86. The van der Waals surface area contributed by atoms with E-state index in [4.69, 9.17) is 4.74 Å². The van der Waals surface area contributed by atoms with E-state index in [9.17, 15) is 9.59 Å². The van der Waals surface area contributed by atoms with E-state index in [1.54, 1.807) is 0 Å². The maximum Gasteiger partial charge on any atom is 0.255 e. The van der Waals surface area contributed by atoms with Gasteiger partial charge in [-0.3, -0.25) is 14.5 Å². The van der Waals surface area contributed by atoms with Crippen LogP contribution in [0, 0.1) is 0 Å². The van der Waals surface area contributed by atoms with E-state index in [-0.39, 0.29) is 31.1 Å². The van der Waals surface area contributed by atoms with Gasteiger partial charge in [-0.15, -0.1) is 0 Å². The summed E-state index contributed by atoms with van der Waals surface area (Å²) in [7, 11) is 0. The molecule has 2 atom stereocenters. The number of ether oxygens (including phenoxy) is 1. The van der Waals surface area contributed by atoms with Crippen LogP contribution >= 0.6 is 0 Å². The Balaban J connectivity index is 2.06. The van der Waals surface area contributed by atoms with Gasteiger partial charge < -0.3 is 10.1 Å². The average Bonchev–Trinajstić information content (AvgIpc) is 2.17. The van der Waals surface area contributed by atoms with Gasteiger partial charge in [0.15, 0.2) is 0 Å². The molecule has 0 bridgehead atoms. The molecule has 15 heavy (non-hydrogen) atoms. The molecule has 2 saturated heterocycles. The monoisotopic (exact) mass is 212 g/mol. The highest BCUT2D eigenvalue weighted by Crippen LogP contribution is 2.18. The van der Waals surface area contributed by atoms with Crippen LogP contribution in [0.4, 0.5) is 0 Å². The zero-order valence-electron chi connectivity index (χ0n) is 8.86. The summed E-state index contributed by atoms with van der Waals surface area (Å²) in [6.07, 6.45) is 1.69. The first-order chi connectivity index (χ1) is 7.18. The fourth-order valence-corrected chi connectivity index (χ4v) is 2.25. The molecule has 2 heterocycles. The Bertz CT molecular complexity index is 264. The SMILES string of the molecule is CC1CC(N2C(=O)COCC2=O)CCN1. The van der Waals surface area contributed by atoms with E-state index in [1.165, 1.54) is 4.90 Å². The van der Waals surface area contributed by atoms with Gasteiger partial charge in [0.1, 0.15) is 13.2 Å². The van der Waals surface area contributed by atoms with E-state index in [0.29, 0.717) is 6.04 Å². The van der Waals surface area contributed by atoms with Gasteiger partial charge in [0.05, 0.1) is 0 Å². The second kappa shape index (κ2) is 4.28. The standard InChI is InChI=1S/C10H16N2O3/c1-7-4-8(2-3-11-7)12-9(13)5-15-6-10(12)14/h7-8,11H,2-6H2,1H3. The Labute approximate surface area is 88.8 Å². The number of rotatable bonds is 1. The van der Waals surface area contributed by atoms with Crippen molar-refractivity contribution in [2.75, 3.05) is 19.8 Å². The third-order valence-electron chi connectivity index (χ3n) is 2.95. The van der Waals surface area contributed by atoms with Crippen LogP contribution in [0.5, 0.6) is 0 Å². The summed E-state index contributed by atoms with van der Waals surface area (Å²) in [6, 6.07) is 0.428. The molecule has 2 fully saturated rings. The van der Waals surface area contributed by atoms with Crippen LogP contribution in [0.1, 0.15) is 19.8 Å². The number of nitrogens with one attached hydrogen (secondary N) is 1. The molecule has 0 aromatic rings. The first-order valence-electron chi connectivity index (χ1n) is 5.34. The van der Waals surface area contributed by atoms with Gasteiger partial charge in [0.2, 0.25) is 0 Å². The van der Waals surface area contributed by atoms with Crippen LogP contribution in [-0.4, -0.2) is 48.6 Å². The maximum absolute atomic E-state index is 11.6. The van der Waals surface area contributed by atoms with Crippen LogP contribution in [0.2, 0.25) is 0 Å². The first kappa shape index (κ1) is 10.6.